The normalized spacial score (nSPS) is 19.8. The Balaban J connectivity index is 2.05. The van der Waals surface area contributed by atoms with E-state index in [1.807, 2.05) is 5.32 Å². The van der Waals surface area contributed by atoms with E-state index < -0.39 is 0 Å². The third-order valence-electron chi connectivity index (χ3n) is 0.954. The highest BCUT2D eigenvalue weighted by molar-refractivity contribution is 4.74. The Labute approximate surface area is 37.7 Å². The Hall–Kier alpha value is -0.480. The topological polar surface area (TPSA) is 16.6 Å². The quantitative estimate of drug-likeness (QED) is 0.403. The number of hydrogen-bond donors (Lipinski definition) is 1. The molecular formula is C5H8N+. The van der Waals surface area contributed by atoms with Crippen LogP contribution in [0, 0.1) is 12.5 Å². The van der Waals surface area contributed by atoms with Gasteiger partial charge in [0, 0.05) is 12.8 Å². The summed E-state index contributed by atoms with van der Waals surface area (Å²) >= 11 is 0. The van der Waals surface area contributed by atoms with Gasteiger partial charge in [-0.05, 0) is 0 Å². The van der Waals surface area contributed by atoms with Gasteiger partial charge in [0.15, 0.2) is 0 Å². The summed E-state index contributed by atoms with van der Waals surface area (Å²) < 4.78 is 0. The molecule has 2 N–H and O–H groups in total. The van der Waals surface area contributed by atoms with E-state index in [4.69, 9.17) is 6.42 Å². The van der Waals surface area contributed by atoms with Gasteiger partial charge in [-0.15, -0.1) is 0 Å². The number of hydrogen-bond acceptors (Lipinski definition) is 0. The van der Waals surface area contributed by atoms with Crippen LogP contribution in [-0.4, -0.2) is 6.04 Å². The highest BCUT2D eigenvalue weighted by atomic mass is 14.9. The van der Waals surface area contributed by atoms with Crippen molar-refractivity contribution in [3.63, 3.8) is 0 Å². The molecule has 1 fully saturated rings. The van der Waals surface area contributed by atoms with Crippen molar-refractivity contribution >= 4 is 0 Å². The summed E-state index contributed by atoms with van der Waals surface area (Å²) in [5.41, 5.74) is 0. The summed E-state index contributed by atoms with van der Waals surface area (Å²) in [6.45, 7) is 0. The van der Waals surface area contributed by atoms with Crippen LogP contribution in [0.3, 0.4) is 0 Å². The summed E-state index contributed by atoms with van der Waals surface area (Å²) in [6, 6.07) is 3.29. The lowest BCUT2D eigenvalue weighted by atomic mass is 10.7. The maximum absolute atomic E-state index is 4.96. The van der Waals surface area contributed by atoms with Gasteiger partial charge < -0.3 is 0 Å². The third kappa shape index (κ3) is 0.734. The fraction of sp³-hybridized carbons (Fsp3) is 0.600. The number of terminal acetylenes is 1. The van der Waals surface area contributed by atoms with E-state index in [1.54, 1.807) is 0 Å². The first-order valence-corrected chi connectivity index (χ1v) is 2.23. The SMILES string of the molecule is C#C[NH2+]C1CC1. The first-order valence-electron chi connectivity index (χ1n) is 2.23. The molecular weight excluding hydrogens is 74.1 g/mol. The van der Waals surface area contributed by atoms with E-state index in [9.17, 15) is 0 Å². The van der Waals surface area contributed by atoms with Crippen LogP contribution in [0.1, 0.15) is 12.8 Å². The van der Waals surface area contributed by atoms with Gasteiger partial charge in [0.25, 0.3) is 0 Å². The summed E-state index contributed by atoms with van der Waals surface area (Å²) in [5, 5.41) is 1.93. The molecule has 1 nitrogen and oxygen atoms in total. The molecule has 0 bridgehead atoms. The van der Waals surface area contributed by atoms with E-state index in [2.05, 4.69) is 6.04 Å². The summed E-state index contributed by atoms with van der Waals surface area (Å²) in [5.74, 6) is 0. The van der Waals surface area contributed by atoms with Gasteiger partial charge in [-0.1, -0.05) is 6.42 Å². The zero-order valence-corrected chi connectivity index (χ0v) is 3.65. The zero-order valence-electron chi connectivity index (χ0n) is 3.65. The Bertz CT molecular complexity index is 76.4. The molecule has 1 saturated carbocycles. The Morgan fingerprint density at radius 2 is 2.33 bits per heavy atom. The molecule has 1 heteroatoms. The highest BCUT2D eigenvalue weighted by Gasteiger charge is 2.23. The number of rotatable bonds is 1. The number of nitrogens with two attached hydrogens (primary N) is 1. The molecule has 0 atom stereocenters. The maximum Gasteiger partial charge on any atom is 0.130 e. The van der Waals surface area contributed by atoms with Gasteiger partial charge in [0.2, 0.25) is 0 Å². The van der Waals surface area contributed by atoms with Crippen LogP contribution in [0.15, 0.2) is 0 Å². The van der Waals surface area contributed by atoms with Crippen LogP contribution in [0.5, 0.6) is 0 Å². The lowest BCUT2D eigenvalue weighted by Gasteiger charge is -1.75. The molecule has 0 aromatic heterocycles. The summed E-state index contributed by atoms with van der Waals surface area (Å²) in [6.07, 6.45) is 7.61. The van der Waals surface area contributed by atoms with Crippen molar-refractivity contribution in [3.8, 4) is 12.5 Å². The van der Waals surface area contributed by atoms with Gasteiger partial charge in [0.05, 0.1) is 6.04 Å². The second kappa shape index (κ2) is 1.32. The maximum atomic E-state index is 4.96. The average Bonchev–Trinajstić information content (AvgIpc) is 2.21. The van der Waals surface area contributed by atoms with Crippen LogP contribution >= 0.6 is 0 Å². The van der Waals surface area contributed by atoms with Crippen molar-refractivity contribution in [2.45, 2.75) is 18.9 Å². The van der Waals surface area contributed by atoms with Crippen molar-refractivity contribution in [1.82, 2.24) is 0 Å². The van der Waals surface area contributed by atoms with E-state index in [-0.39, 0.29) is 0 Å². The minimum absolute atomic E-state index is 0.787. The average molecular weight is 82.1 g/mol. The summed E-state index contributed by atoms with van der Waals surface area (Å²) in [7, 11) is 0. The molecule has 1 aliphatic rings. The fourth-order valence-electron chi connectivity index (χ4n) is 0.399. The number of quaternary nitrogens is 1. The molecule has 0 unspecified atom stereocenters. The lowest BCUT2D eigenvalue weighted by molar-refractivity contribution is -0.581. The summed E-state index contributed by atoms with van der Waals surface area (Å²) in [4.78, 5) is 0. The first-order chi connectivity index (χ1) is 2.93. The Morgan fingerprint density at radius 1 is 1.67 bits per heavy atom. The van der Waals surface area contributed by atoms with E-state index in [0.29, 0.717) is 0 Å². The predicted molar refractivity (Wildman–Crippen MR) is 23.8 cm³/mol. The van der Waals surface area contributed by atoms with Crippen LogP contribution < -0.4 is 5.32 Å². The molecule has 1 rings (SSSR count). The van der Waals surface area contributed by atoms with Crippen molar-refractivity contribution in [1.29, 1.82) is 0 Å². The zero-order chi connectivity index (χ0) is 4.41. The smallest absolute Gasteiger partial charge is 0.130 e. The third-order valence-corrected chi connectivity index (χ3v) is 0.954. The van der Waals surface area contributed by atoms with Gasteiger partial charge in [-0.2, -0.15) is 0 Å². The van der Waals surface area contributed by atoms with E-state index in [1.165, 1.54) is 12.8 Å². The lowest BCUT2D eigenvalue weighted by Crippen LogP contribution is -2.80. The predicted octanol–water partition coefficient (Wildman–Crippen LogP) is -0.697. The van der Waals surface area contributed by atoms with Crippen LogP contribution in [0.4, 0.5) is 0 Å². The minimum atomic E-state index is 0.787. The van der Waals surface area contributed by atoms with Gasteiger partial charge >= 0.3 is 0 Å². The van der Waals surface area contributed by atoms with Crippen molar-refractivity contribution < 1.29 is 5.32 Å². The standard InChI is InChI=1S/C5H7N/c1-2-6-5-3-4-5/h1,5-6H,3-4H2/p+1. The molecule has 0 amide bonds. The van der Waals surface area contributed by atoms with Crippen molar-refractivity contribution in [2.24, 2.45) is 0 Å². The molecule has 1 aliphatic carbocycles. The Kier molecular flexibility index (Phi) is 0.813. The first kappa shape index (κ1) is 3.70. The van der Waals surface area contributed by atoms with E-state index >= 15 is 0 Å². The molecule has 0 radical (unpaired) electrons. The van der Waals surface area contributed by atoms with Gasteiger partial charge in [-0.25, -0.2) is 0 Å². The second-order valence-corrected chi connectivity index (χ2v) is 1.67. The van der Waals surface area contributed by atoms with Crippen LogP contribution in [0.25, 0.3) is 0 Å². The Morgan fingerprint density at radius 3 is 2.50 bits per heavy atom. The molecule has 0 aliphatic heterocycles. The molecule has 0 heterocycles. The molecule has 32 valence electrons. The molecule has 0 saturated heterocycles. The largest absolute Gasteiger partial charge is 0.267 e. The van der Waals surface area contributed by atoms with Gasteiger partial charge in [-0.3, -0.25) is 5.32 Å². The molecule has 6 heavy (non-hydrogen) atoms. The van der Waals surface area contributed by atoms with Crippen molar-refractivity contribution in [2.75, 3.05) is 0 Å². The van der Waals surface area contributed by atoms with E-state index in [0.717, 1.165) is 6.04 Å². The fourth-order valence-corrected chi connectivity index (χ4v) is 0.399. The monoisotopic (exact) mass is 82.1 g/mol. The minimum Gasteiger partial charge on any atom is -0.267 e. The second-order valence-electron chi connectivity index (χ2n) is 1.67. The van der Waals surface area contributed by atoms with Gasteiger partial charge in [0.1, 0.15) is 6.04 Å². The molecule has 0 aromatic rings. The molecule has 0 aromatic carbocycles. The van der Waals surface area contributed by atoms with Crippen LogP contribution in [-0.2, 0) is 0 Å². The highest BCUT2D eigenvalue weighted by Crippen LogP contribution is 2.12. The van der Waals surface area contributed by atoms with Crippen LogP contribution in [0.2, 0.25) is 0 Å². The molecule has 0 spiro atoms. The van der Waals surface area contributed by atoms with Crippen molar-refractivity contribution in [3.05, 3.63) is 0 Å².